The molecule has 0 unspecified atom stereocenters. The molecule has 0 aliphatic heterocycles. The smallest absolute Gasteiger partial charge is 0.211 e. The van der Waals surface area contributed by atoms with Crippen LogP contribution in [0.1, 0.15) is 0 Å². The molecule has 2 N–H and O–H groups in total. The van der Waals surface area contributed by atoms with Crippen LogP contribution in [-0.2, 0) is 9.59 Å². The zero-order valence-electron chi connectivity index (χ0n) is 7.48. The molecule has 0 bridgehead atoms. The zero-order chi connectivity index (χ0) is 12.3. The Bertz CT molecular complexity index is 380. The molecule has 0 heterocycles. The van der Waals surface area contributed by atoms with Gasteiger partial charge in [0.15, 0.2) is 0 Å². The van der Waals surface area contributed by atoms with E-state index in [1.165, 1.54) is 0 Å². The standard InChI is InChI=1S/C8H4Cl4N2O2/c9-3-5(11)8(14-2-16)6(12)4(10)7(3)13-1-15/h1-2H,(H,13,15)(H,14,16). The second-order valence-electron chi connectivity index (χ2n) is 2.53. The van der Waals surface area contributed by atoms with Crippen molar-refractivity contribution in [1.82, 2.24) is 0 Å². The van der Waals surface area contributed by atoms with Crippen molar-refractivity contribution in [3.63, 3.8) is 0 Å². The van der Waals surface area contributed by atoms with Gasteiger partial charge < -0.3 is 10.6 Å². The Balaban J connectivity index is 3.48. The number of benzene rings is 1. The van der Waals surface area contributed by atoms with Crippen LogP contribution in [0, 0.1) is 0 Å². The van der Waals surface area contributed by atoms with E-state index in [0.717, 1.165) is 0 Å². The van der Waals surface area contributed by atoms with Crippen LogP contribution < -0.4 is 10.6 Å². The molecule has 0 fully saturated rings. The molecular weight excluding hydrogens is 298 g/mol. The first-order valence-corrected chi connectivity index (χ1v) is 5.32. The molecule has 1 aromatic carbocycles. The number of halogens is 4. The number of amides is 2. The van der Waals surface area contributed by atoms with E-state index in [-0.39, 0.29) is 31.5 Å². The third-order valence-electron chi connectivity index (χ3n) is 1.67. The molecule has 0 aromatic heterocycles. The molecule has 0 radical (unpaired) electrons. The normalized spacial score (nSPS) is 9.75. The fourth-order valence-corrected chi connectivity index (χ4v) is 2.07. The minimum Gasteiger partial charge on any atom is -0.326 e. The lowest BCUT2D eigenvalue weighted by Gasteiger charge is -2.13. The lowest BCUT2D eigenvalue weighted by atomic mass is 10.2. The fourth-order valence-electron chi connectivity index (χ4n) is 1.00. The van der Waals surface area contributed by atoms with Gasteiger partial charge in [-0.3, -0.25) is 9.59 Å². The van der Waals surface area contributed by atoms with Gasteiger partial charge in [0, 0.05) is 0 Å². The first kappa shape index (κ1) is 13.4. The van der Waals surface area contributed by atoms with Crippen molar-refractivity contribution < 1.29 is 9.59 Å². The van der Waals surface area contributed by atoms with Gasteiger partial charge in [0.25, 0.3) is 0 Å². The van der Waals surface area contributed by atoms with Crippen LogP contribution in [0.4, 0.5) is 11.4 Å². The van der Waals surface area contributed by atoms with Crippen LogP contribution in [0.5, 0.6) is 0 Å². The summed E-state index contributed by atoms with van der Waals surface area (Å²) in [5.74, 6) is 0. The van der Waals surface area contributed by atoms with E-state index in [9.17, 15) is 9.59 Å². The second-order valence-corrected chi connectivity index (χ2v) is 4.04. The maximum atomic E-state index is 10.3. The number of hydrogen-bond donors (Lipinski definition) is 2. The highest BCUT2D eigenvalue weighted by atomic mass is 35.5. The van der Waals surface area contributed by atoms with Gasteiger partial charge >= 0.3 is 0 Å². The van der Waals surface area contributed by atoms with E-state index in [2.05, 4.69) is 10.6 Å². The average molecular weight is 302 g/mol. The number of carbonyl (C=O) groups is 2. The maximum absolute atomic E-state index is 10.3. The molecule has 0 saturated carbocycles. The lowest BCUT2D eigenvalue weighted by molar-refractivity contribution is -0.106. The number of anilines is 2. The minimum absolute atomic E-state index is 0.00693. The molecular formula is C8H4Cl4N2O2. The summed E-state index contributed by atoms with van der Waals surface area (Å²) in [6.45, 7) is 0. The average Bonchev–Trinajstić information content (AvgIpc) is 2.28. The Hall–Kier alpha value is -0.680. The van der Waals surface area contributed by atoms with Gasteiger partial charge in [0.05, 0.1) is 31.5 Å². The predicted molar refractivity (Wildman–Crippen MR) is 65.9 cm³/mol. The van der Waals surface area contributed by atoms with Crippen LogP contribution >= 0.6 is 46.4 Å². The van der Waals surface area contributed by atoms with Crippen molar-refractivity contribution in [2.75, 3.05) is 10.6 Å². The molecule has 0 aliphatic carbocycles. The third kappa shape index (κ3) is 2.35. The maximum Gasteiger partial charge on any atom is 0.211 e. The second kappa shape index (κ2) is 5.59. The first-order chi connectivity index (χ1) is 7.54. The van der Waals surface area contributed by atoms with E-state index in [4.69, 9.17) is 46.4 Å². The molecule has 0 spiro atoms. The van der Waals surface area contributed by atoms with Gasteiger partial charge in [0.2, 0.25) is 12.8 Å². The van der Waals surface area contributed by atoms with E-state index < -0.39 is 0 Å². The molecule has 0 atom stereocenters. The molecule has 0 saturated heterocycles. The highest BCUT2D eigenvalue weighted by molar-refractivity contribution is 6.53. The van der Waals surface area contributed by atoms with Crippen LogP contribution in [0.15, 0.2) is 0 Å². The Kier molecular flexibility index (Phi) is 4.68. The van der Waals surface area contributed by atoms with Crippen LogP contribution in [0.3, 0.4) is 0 Å². The summed E-state index contributed by atoms with van der Waals surface area (Å²) in [6, 6.07) is 0. The van der Waals surface area contributed by atoms with Gasteiger partial charge in [-0.1, -0.05) is 46.4 Å². The predicted octanol–water partition coefficient (Wildman–Crippen LogP) is 3.44. The highest BCUT2D eigenvalue weighted by Crippen LogP contribution is 2.47. The SMILES string of the molecule is O=CNc1c(Cl)c(Cl)c(NC=O)c(Cl)c1Cl. The van der Waals surface area contributed by atoms with Crippen molar-refractivity contribution in [2.24, 2.45) is 0 Å². The van der Waals surface area contributed by atoms with Crippen LogP contribution in [-0.4, -0.2) is 12.8 Å². The van der Waals surface area contributed by atoms with Crippen molar-refractivity contribution in [3.05, 3.63) is 20.1 Å². The summed E-state index contributed by atoms with van der Waals surface area (Å²) in [4.78, 5) is 20.7. The summed E-state index contributed by atoms with van der Waals surface area (Å²) in [5.41, 5.74) is 0.176. The molecule has 0 aliphatic rings. The summed E-state index contributed by atoms with van der Waals surface area (Å²) >= 11 is 23.4. The van der Waals surface area contributed by atoms with E-state index >= 15 is 0 Å². The zero-order valence-corrected chi connectivity index (χ0v) is 10.5. The number of carbonyl (C=O) groups excluding carboxylic acids is 2. The summed E-state index contributed by atoms with van der Waals surface area (Å²) in [6.07, 6.45) is 0.763. The Morgan fingerprint density at radius 3 is 1.12 bits per heavy atom. The van der Waals surface area contributed by atoms with E-state index in [0.29, 0.717) is 12.8 Å². The van der Waals surface area contributed by atoms with Crippen LogP contribution in [0.25, 0.3) is 0 Å². The molecule has 2 amide bonds. The third-order valence-corrected chi connectivity index (χ3v) is 3.38. The van der Waals surface area contributed by atoms with Gasteiger partial charge in [-0.25, -0.2) is 0 Å². The lowest BCUT2D eigenvalue weighted by Crippen LogP contribution is -2.01. The van der Waals surface area contributed by atoms with Crippen molar-refractivity contribution in [1.29, 1.82) is 0 Å². The monoisotopic (exact) mass is 300 g/mol. The highest BCUT2D eigenvalue weighted by Gasteiger charge is 2.19. The molecule has 1 aromatic rings. The molecule has 8 heteroatoms. The molecule has 4 nitrogen and oxygen atoms in total. The van der Waals surface area contributed by atoms with Gasteiger partial charge in [-0.15, -0.1) is 0 Å². The van der Waals surface area contributed by atoms with Crippen molar-refractivity contribution in [2.45, 2.75) is 0 Å². The summed E-state index contributed by atoms with van der Waals surface area (Å²) < 4.78 is 0. The Morgan fingerprint density at radius 2 is 0.938 bits per heavy atom. The fraction of sp³-hybridized carbons (Fsp3) is 0. The van der Waals surface area contributed by atoms with E-state index in [1.54, 1.807) is 0 Å². The summed E-state index contributed by atoms with van der Waals surface area (Å²) in [7, 11) is 0. The molecule has 86 valence electrons. The summed E-state index contributed by atoms with van der Waals surface area (Å²) in [5, 5.41) is 4.50. The first-order valence-electron chi connectivity index (χ1n) is 3.80. The Morgan fingerprint density at radius 1 is 0.688 bits per heavy atom. The number of rotatable bonds is 4. The van der Waals surface area contributed by atoms with Crippen molar-refractivity contribution >= 4 is 70.6 Å². The Labute approximate surface area is 111 Å². The topological polar surface area (TPSA) is 58.2 Å². The minimum atomic E-state index is -0.00693. The van der Waals surface area contributed by atoms with E-state index in [1.807, 2.05) is 0 Å². The van der Waals surface area contributed by atoms with Crippen molar-refractivity contribution in [3.8, 4) is 0 Å². The quantitative estimate of drug-likeness (QED) is 0.661. The number of hydrogen-bond acceptors (Lipinski definition) is 2. The molecule has 16 heavy (non-hydrogen) atoms. The van der Waals surface area contributed by atoms with Gasteiger partial charge in [-0.2, -0.15) is 0 Å². The largest absolute Gasteiger partial charge is 0.326 e. The van der Waals surface area contributed by atoms with Gasteiger partial charge in [0.1, 0.15) is 0 Å². The van der Waals surface area contributed by atoms with Crippen LogP contribution in [0.2, 0.25) is 20.1 Å². The van der Waals surface area contributed by atoms with Gasteiger partial charge in [-0.05, 0) is 0 Å². The molecule has 1 rings (SSSR count). The number of nitrogens with one attached hydrogen (secondary N) is 2.